The molecule has 4 heteroatoms. The van der Waals surface area contributed by atoms with Crippen molar-refractivity contribution < 1.29 is 9.90 Å². The molecule has 0 atom stereocenters. The van der Waals surface area contributed by atoms with E-state index in [1.807, 2.05) is 6.26 Å². The summed E-state index contributed by atoms with van der Waals surface area (Å²) in [7, 11) is 0. The number of carbonyl (C=O) groups is 1. The quantitative estimate of drug-likeness (QED) is 0.576. The molecular weight excluding hydrogens is 198 g/mol. The molecule has 84 valence electrons. The third-order valence-electron chi connectivity index (χ3n) is 1.94. The summed E-state index contributed by atoms with van der Waals surface area (Å²) in [5.74, 6) is 1.05. The summed E-state index contributed by atoms with van der Waals surface area (Å²) in [5.41, 5.74) is 0. The summed E-state index contributed by atoms with van der Waals surface area (Å²) in [6, 6.07) is 0. The van der Waals surface area contributed by atoms with Crippen molar-refractivity contribution in [1.29, 1.82) is 0 Å². The van der Waals surface area contributed by atoms with Gasteiger partial charge in [-0.3, -0.25) is 4.79 Å². The number of thioether (sulfide) groups is 1. The van der Waals surface area contributed by atoms with Gasteiger partial charge in [0.15, 0.2) is 0 Å². The van der Waals surface area contributed by atoms with E-state index in [2.05, 4.69) is 5.32 Å². The number of nitrogens with one attached hydrogen (secondary N) is 1. The van der Waals surface area contributed by atoms with Crippen molar-refractivity contribution in [3.63, 3.8) is 0 Å². The van der Waals surface area contributed by atoms with Crippen LogP contribution < -0.4 is 5.32 Å². The lowest BCUT2D eigenvalue weighted by Gasteiger charge is -2.03. The first-order chi connectivity index (χ1) is 6.81. The summed E-state index contributed by atoms with van der Waals surface area (Å²) in [6.07, 6.45) is 6.66. The van der Waals surface area contributed by atoms with Gasteiger partial charge in [-0.15, -0.1) is 0 Å². The van der Waals surface area contributed by atoms with Crippen molar-refractivity contribution in [1.82, 2.24) is 5.32 Å². The smallest absolute Gasteiger partial charge is 0.220 e. The third kappa shape index (κ3) is 9.86. The zero-order valence-electron chi connectivity index (χ0n) is 8.92. The van der Waals surface area contributed by atoms with Crippen molar-refractivity contribution >= 4 is 17.7 Å². The maximum absolute atomic E-state index is 11.1. The van der Waals surface area contributed by atoms with Crippen molar-refractivity contribution in [2.24, 2.45) is 0 Å². The van der Waals surface area contributed by atoms with E-state index < -0.39 is 0 Å². The number of hydrogen-bond acceptors (Lipinski definition) is 3. The summed E-state index contributed by atoms with van der Waals surface area (Å²) >= 11 is 1.69. The fourth-order valence-electron chi connectivity index (χ4n) is 1.10. The molecule has 0 aromatic carbocycles. The van der Waals surface area contributed by atoms with Crippen molar-refractivity contribution in [3.05, 3.63) is 0 Å². The number of unbranched alkanes of at least 4 members (excludes halogenated alkanes) is 3. The molecule has 2 N–H and O–H groups in total. The largest absolute Gasteiger partial charge is 0.396 e. The van der Waals surface area contributed by atoms with Crippen LogP contribution in [0.2, 0.25) is 0 Å². The summed E-state index contributed by atoms with van der Waals surface area (Å²) < 4.78 is 0. The Balaban J connectivity index is 3.07. The average molecular weight is 219 g/mol. The van der Waals surface area contributed by atoms with Gasteiger partial charge in [0.2, 0.25) is 5.91 Å². The van der Waals surface area contributed by atoms with Crippen LogP contribution in [-0.2, 0) is 4.79 Å². The van der Waals surface area contributed by atoms with E-state index in [0.29, 0.717) is 6.42 Å². The van der Waals surface area contributed by atoms with Crippen LogP contribution in [-0.4, -0.2) is 36.2 Å². The van der Waals surface area contributed by atoms with Crippen LogP contribution in [0.5, 0.6) is 0 Å². The highest BCUT2D eigenvalue weighted by Gasteiger charge is 1.98. The molecule has 0 rings (SSSR count). The van der Waals surface area contributed by atoms with Gasteiger partial charge in [0.1, 0.15) is 0 Å². The van der Waals surface area contributed by atoms with Gasteiger partial charge in [0, 0.05) is 25.3 Å². The Kier molecular flexibility index (Phi) is 10.7. The molecule has 0 unspecified atom stereocenters. The molecule has 1 amide bonds. The van der Waals surface area contributed by atoms with Gasteiger partial charge in [0.25, 0.3) is 0 Å². The SMILES string of the molecule is CSCCC(=O)NCCCCCCO. The van der Waals surface area contributed by atoms with Gasteiger partial charge in [-0.2, -0.15) is 11.8 Å². The Morgan fingerprint density at radius 1 is 1.29 bits per heavy atom. The lowest BCUT2D eigenvalue weighted by molar-refractivity contribution is -0.120. The minimum Gasteiger partial charge on any atom is -0.396 e. The van der Waals surface area contributed by atoms with Gasteiger partial charge in [-0.25, -0.2) is 0 Å². The minimum atomic E-state index is 0.154. The topological polar surface area (TPSA) is 49.3 Å². The van der Waals surface area contributed by atoms with Crippen LogP contribution >= 0.6 is 11.8 Å². The number of carbonyl (C=O) groups excluding carboxylic acids is 1. The molecule has 0 aliphatic heterocycles. The zero-order valence-corrected chi connectivity index (χ0v) is 9.74. The van der Waals surface area contributed by atoms with E-state index in [4.69, 9.17) is 5.11 Å². The number of rotatable bonds is 9. The molecule has 0 heterocycles. The van der Waals surface area contributed by atoms with Gasteiger partial charge in [0.05, 0.1) is 0 Å². The van der Waals surface area contributed by atoms with E-state index in [1.165, 1.54) is 0 Å². The van der Waals surface area contributed by atoms with Gasteiger partial charge in [-0.1, -0.05) is 12.8 Å². The maximum atomic E-state index is 11.1. The van der Waals surface area contributed by atoms with Crippen molar-refractivity contribution in [3.8, 4) is 0 Å². The van der Waals surface area contributed by atoms with Crippen molar-refractivity contribution in [2.45, 2.75) is 32.1 Å². The first-order valence-electron chi connectivity index (χ1n) is 5.17. The number of aliphatic hydroxyl groups is 1. The molecular formula is C10H21NO2S. The molecule has 0 aliphatic carbocycles. The Morgan fingerprint density at radius 3 is 2.64 bits per heavy atom. The van der Waals surface area contributed by atoms with Gasteiger partial charge >= 0.3 is 0 Å². The summed E-state index contributed by atoms with van der Waals surface area (Å²) in [4.78, 5) is 11.1. The van der Waals surface area contributed by atoms with E-state index >= 15 is 0 Å². The van der Waals surface area contributed by atoms with Gasteiger partial charge < -0.3 is 10.4 Å². The Labute approximate surface area is 90.7 Å². The number of amides is 1. The number of hydrogen-bond donors (Lipinski definition) is 2. The normalized spacial score (nSPS) is 10.1. The lowest BCUT2D eigenvalue weighted by atomic mass is 10.2. The molecule has 0 fully saturated rings. The van der Waals surface area contributed by atoms with Crippen LogP contribution in [0.4, 0.5) is 0 Å². The Bertz CT molecular complexity index is 142. The minimum absolute atomic E-state index is 0.154. The second-order valence-corrected chi connectivity index (χ2v) is 4.22. The van der Waals surface area contributed by atoms with E-state index in [9.17, 15) is 4.79 Å². The molecule has 3 nitrogen and oxygen atoms in total. The first kappa shape index (κ1) is 13.8. The van der Waals surface area contributed by atoms with E-state index in [-0.39, 0.29) is 12.5 Å². The fourth-order valence-corrected chi connectivity index (χ4v) is 1.49. The standard InChI is InChI=1S/C10H21NO2S/c1-14-9-6-10(13)11-7-4-2-3-5-8-12/h12H,2-9H2,1H3,(H,11,13). The highest BCUT2D eigenvalue weighted by Crippen LogP contribution is 1.98. The molecule has 0 radical (unpaired) electrons. The molecule has 14 heavy (non-hydrogen) atoms. The van der Waals surface area contributed by atoms with E-state index in [1.54, 1.807) is 11.8 Å². The van der Waals surface area contributed by atoms with Gasteiger partial charge in [-0.05, 0) is 19.1 Å². The first-order valence-corrected chi connectivity index (χ1v) is 6.57. The Hall–Kier alpha value is -0.220. The molecule has 0 saturated carbocycles. The third-order valence-corrected chi connectivity index (χ3v) is 2.55. The second-order valence-electron chi connectivity index (χ2n) is 3.23. The second kappa shape index (κ2) is 10.9. The highest BCUT2D eigenvalue weighted by atomic mass is 32.2. The predicted octanol–water partition coefficient (Wildman–Crippen LogP) is 1.41. The molecule has 0 aliphatic rings. The molecule has 0 aromatic rings. The fraction of sp³-hybridized carbons (Fsp3) is 0.900. The van der Waals surface area contributed by atoms with Crippen LogP contribution in [0.3, 0.4) is 0 Å². The van der Waals surface area contributed by atoms with Crippen LogP contribution in [0.15, 0.2) is 0 Å². The van der Waals surface area contributed by atoms with Crippen molar-refractivity contribution in [2.75, 3.05) is 25.2 Å². The average Bonchev–Trinajstić information content (AvgIpc) is 2.20. The monoisotopic (exact) mass is 219 g/mol. The predicted molar refractivity (Wildman–Crippen MR) is 61.6 cm³/mol. The zero-order chi connectivity index (χ0) is 10.6. The highest BCUT2D eigenvalue weighted by molar-refractivity contribution is 7.98. The molecule has 0 saturated heterocycles. The van der Waals surface area contributed by atoms with Crippen LogP contribution in [0.1, 0.15) is 32.1 Å². The lowest BCUT2D eigenvalue weighted by Crippen LogP contribution is -2.24. The van der Waals surface area contributed by atoms with Crippen LogP contribution in [0, 0.1) is 0 Å². The maximum Gasteiger partial charge on any atom is 0.220 e. The molecule has 0 spiro atoms. The molecule has 0 aromatic heterocycles. The van der Waals surface area contributed by atoms with Crippen LogP contribution in [0.25, 0.3) is 0 Å². The van der Waals surface area contributed by atoms with E-state index in [0.717, 1.165) is 38.0 Å². The Morgan fingerprint density at radius 2 is 2.00 bits per heavy atom. The summed E-state index contributed by atoms with van der Waals surface area (Å²) in [5, 5.41) is 11.4. The summed E-state index contributed by atoms with van der Waals surface area (Å²) in [6.45, 7) is 1.05. The molecule has 0 bridgehead atoms. The number of aliphatic hydroxyl groups excluding tert-OH is 1.